The number of carbonyl (C=O) groups is 3. The molecule has 0 aromatic rings. The lowest BCUT2D eigenvalue weighted by atomic mass is 10.0. The Hall–Kier alpha value is -4.19. The summed E-state index contributed by atoms with van der Waals surface area (Å²) in [5, 5.41) is 0. The van der Waals surface area contributed by atoms with E-state index < -0.39 is 6.10 Å². The molecule has 1 atom stereocenters. The molecular formula is C75H126O6. The fourth-order valence-corrected chi connectivity index (χ4v) is 9.40. The number of carbonyl (C=O) groups excluding carboxylic acids is 3. The summed E-state index contributed by atoms with van der Waals surface area (Å²) in [7, 11) is 0. The van der Waals surface area contributed by atoms with Gasteiger partial charge in [-0.3, -0.25) is 14.4 Å². The van der Waals surface area contributed by atoms with Crippen molar-refractivity contribution in [2.24, 2.45) is 0 Å². The first kappa shape index (κ1) is 76.8. The molecule has 0 spiro atoms. The first-order valence-electron chi connectivity index (χ1n) is 34.0. The van der Waals surface area contributed by atoms with Gasteiger partial charge in [0, 0.05) is 19.3 Å². The van der Waals surface area contributed by atoms with E-state index in [1.165, 1.54) is 135 Å². The SMILES string of the molecule is CC/C=C\C/C=C\C/C=C\C/C=C\C/C=C\CCCCCC(=O)OC(COC(=O)CCCCCCC/C=C\C/C=C\C/C=C\CC)COC(=O)CCCCCCCCCCCCCCCCCCC/C=C\C/C=C\CCCCCCC. The van der Waals surface area contributed by atoms with Crippen LogP contribution in [0.4, 0.5) is 0 Å². The maximum atomic E-state index is 12.9. The third-order valence-electron chi connectivity index (χ3n) is 14.4. The Morgan fingerprint density at radius 1 is 0.259 bits per heavy atom. The van der Waals surface area contributed by atoms with Crippen molar-refractivity contribution < 1.29 is 28.6 Å². The number of esters is 3. The molecule has 0 aliphatic carbocycles. The predicted molar refractivity (Wildman–Crippen MR) is 353 cm³/mol. The highest BCUT2D eigenvalue weighted by Crippen LogP contribution is 2.16. The van der Waals surface area contributed by atoms with Gasteiger partial charge in [-0.1, -0.05) is 290 Å². The van der Waals surface area contributed by atoms with Crippen LogP contribution in [0.5, 0.6) is 0 Å². The van der Waals surface area contributed by atoms with Crippen LogP contribution in [-0.4, -0.2) is 37.2 Å². The van der Waals surface area contributed by atoms with E-state index in [0.717, 1.165) is 141 Å². The Labute approximate surface area is 501 Å². The molecule has 0 N–H and O–H groups in total. The molecular weight excluding hydrogens is 997 g/mol. The molecule has 6 nitrogen and oxygen atoms in total. The zero-order chi connectivity index (χ0) is 58.5. The number of allylic oxidation sites excluding steroid dienone is 20. The van der Waals surface area contributed by atoms with E-state index >= 15 is 0 Å². The Balaban J connectivity index is 4.33. The average Bonchev–Trinajstić information content (AvgIpc) is 3.47. The van der Waals surface area contributed by atoms with E-state index in [4.69, 9.17) is 14.2 Å². The molecule has 0 aromatic carbocycles. The van der Waals surface area contributed by atoms with Gasteiger partial charge in [-0.2, -0.15) is 0 Å². The highest BCUT2D eigenvalue weighted by atomic mass is 16.6. The minimum Gasteiger partial charge on any atom is -0.462 e. The van der Waals surface area contributed by atoms with E-state index in [1.54, 1.807) is 0 Å². The summed E-state index contributed by atoms with van der Waals surface area (Å²) in [6, 6.07) is 0. The Kier molecular flexibility index (Phi) is 64.8. The van der Waals surface area contributed by atoms with Crippen LogP contribution in [0.1, 0.15) is 316 Å². The number of hydrogen-bond donors (Lipinski definition) is 0. The third-order valence-corrected chi connectivity index (χ3v) is 14.4. The smallest absolute Gasteiger partial charge is 0.306 e. The highest BCUT2D eigenvalue weighted by molar-refractivity contribution is 5.71. The normalized spacial score (nSPS) is 12.9. The van der Waals surface area contributed by atoms with E-state index in [2.05, 4.69) is 142 Å². The van der Waals surface area contributed by atoms with Crippen LogP contribution in [0.25, 0.3) is 0 Å². The molecule has 0 aliphatic heterocycles. The monoisotopic (exact) mass is 1120 g/mol. The zero-order valence-corrected chi connectivity index (χ0v) is 53.0. The fourth-order valence-electron chi connectivity index (χ4n) is 9.40. The van der Waals surface area contributed by atoms with E-state index in [1.807, 2.05) is 0 Å². The number of ether oxygens (including phenoxy) is 3. The molecule has 0 bridgehead atoms. The van der Waals surface area contributed by atoms with Gasteiger partial charge < -0.3 is 14.2 Å². The molecule has 0 saturated carbocycles. The van der Waals surface area contributed by atoms with Crippen LogP contribution in [0.15, 0.2) is 122 Å². The van der Waals surface area contributed by atoms with Crippen LogP contribution in [-0.2, 0) is 28.6 Å². The summed E-state index contributed by atoms with van der Waals surface area (Å²) in [6.07, 6.45) is 95.1. The number of rotatable bonds is 61. The molecule has 0 aliphatic rings. The molecule has 0 heterocycles. The first-order valence-corrected chi connectivity index (χ1v) is 34.0. The molecule has 1 unspecified atom stereocenters. The summed E-state index contributed by atoms with van der Waals surface area (Å²) >= 11 is 0. The quantitative estimate of drug-likeness (QED) is 0.0261. The van der Waals surface area contributed by atoms with Gasteiger partial charge in [0.05, 0.1) is 0 Å². The summed E-state index contributed by atoms with van der Waals surface area (Å²) in [6.45, 7) is 6.39. The molecule has 0 radical (unpaired) electrons. The van der Waals surface area contributed by atoms with Gasteiger partial charge in [0.1, 0.15) is 13.2 Å². The van der Waals surface area contributed by atoms with Gasteiger partial charge in [-0.15, -0.1) is 0 Å². The lowest BCUT2D eigenvalue weighted by molar-refractivity contribution is -0.167. The van der Waals surface area contributed by atoms with Crippen molar-refractivity contribution in [3.63, 3.8) is 0 Å². The topological polar surface area (TPSA) is 78.9 Å². The Morgan fingerprint density at radius 2 is 0.481 bits per heavy atom. The zero-order valence-electron chi connectivity index (χ0n) is 53.0. The van der Waals surface area contributed by atoms with Crippen LogP contribution >= 0.6 is 0 Å². The van der Waals surface area contributed by atoms with Gasteiger partial charge in [0.2, 0.25) is 0 Å². The predicted octanol–water partition coefficient (Wildman–Crippen LogP) is 23.6. The fraction of sp³-hybridized carbons (Fsp3) is 0.693. The van der Waals surface area contributed by atoms with Crippen LogP contribution in [0.2, 0.25) is 0 Å². The van der Waals surface area contributed by atoms with Crippen molar-refractivity contribution in [2.45, 2.75) is 322 Å². The van der Waals surface area contributed by atoms with Gasteiger partial charge in [0.25, 0.3) is 0 Å². The molecule has 0 rings (SSSR count). The Morgan fingerprint density at radius 3 is 0.765 bits per heavy atom. The van der Waals surface area contributed by atoms with Crippen molar-refractivity contribution in [1.29, 1.82) is 0 Å². The van der Waals surface area contributed by atoms with Crippen molar-refractivity contribution in [3.05, 3.63) is 122 Å². The number of hydrogen-bond acceptors (Lipinski definition) is 6. The first-order chi connectivity index (χ1) is 40.0. The standard InChI is InChI=1S/C75H126O6/c1-4-7-10-13-16-19-22-25-28-30-32-33-34-35-36-37-38-39-40-41-43-44-47-50-53-56-59-62-65-68-74(77)80-71-72(70-79-73(76)67-64-61-58-55-52-49-46-27-24-21-18-15-12-9-6-3)81-75(78)69-66-63-60-57-54-51-48-45-42-31-29-26-23-20-17-14-11-8-5-2/h8-9,11-12,17-18,20-22,25-27,29-30,32,42,45-46,51,54,72H,4-7,10,13-16,19,23-24,28,31,33-41,43-44,47-50,52-53,55-71H2,1-3H3/b11-8-,12-9-,20-17-,21-18-,25-22-,29-26-,32-30-,45-42-,46-27-,54-51-. The highest BCUT2D eigenvalue weighted by Gasteiger charge is 2.19. The summed E-state index contributed by atoms with van der Waals surface area (Å²) in [4.78, 5) is 38.4. The second kappa shape index (κ2) is 68.3. The van der Waals surface area contributed by atoms with Gasteiger partial charge in [-0.05, 0) is 128 Å². The molecule has 6 heteroatoms. The molecule has 81 heavy (non-hydrogen) atoms. The van der Waals surface area contributed by atoms with Crippen molar-refractivity contribution in [1.82, 2.24) is 0 Å². The average molecular weight is 1120 g/mol. The minimum absolute atomic E-state index is 0.0980. The van der Waals surface area contributed by atoms with Gasteiger partial charge in [-0.25, -0.2) is 0 Å². The summed E-state index contributed by atoms with van der Waals surface area (Å²) in [5.74, 6) is -0.940. The van der Waals surface area contributed by atoms with E-state index in [9.17, 15) is 14.4 Å². The molecule has 0 saturated heterocycles. The largest absolute Gasteiger partial charge is 0.462 e. The van der Waals surface area contributed by atoms with Crippen molar-refractivity contribution >= 4 is 17.9 Å². The Bertz CT molecular complexity index is 1670. The van der Waals surface area contributed by atoms with Gasteiger partial charge >= 0.3 is 17.9 Å². The molecule has 0 aromatic heterocycles. The molecule has 462 valence electrons. The maximum Gasteiger partial charge on any atom is 0.306 e. The summed E-state index contributed by atoms with van der Waals surface area (Å²) < 4.78 is 16.9. The van der Waals surface area contributed by atoms with Gasteiger partial charge in [0.15, 0.2) is 6.10 Å². The van der Waals surface area contributed by atoms with Crippen LogP contribution in [0, 0.1) is 0 Å². The summed E-state index contributed by atoms with van der Waals surface area (Å²) in [5.41, 5.74) is 0. The van der Waals surface area contributed by atoms with Crippen molar-refractivity contribution in [2.75, 3.05) is 13.2 Å². The maximum absolute atomic E-state index is 12.9. The van der Waals surface area contributed by atoms with Crippen LogP contribution < -0.4 is 0 Å². The minimum atomic E-state index is -0.807. The van der Waals surface area contributed by atoms with Crippen LogP contribution in [0.3, 0.4) is 0 Å². The molecule has 0 fully saturated rings. The van der Waals surface area contributed by atoms with E-state index in [0.29, 0.717) is 12.8 Å². The second-order valence-corrected chi connectivity index (χ2v) is 22.3. The second-order valence-electron chi connectivity index (χ2n) is 22.3. The number of unbranched alkanes of at least 4 members (excludes halogenated alkanes) is 30. The van der Waals surface area contributed by atoms with E-state index in [-0.39, 0.29) is 37.5 Å². The lowest BCUT2D eigenvalue weighted by Gasteiger charge is -2.18. The molecule has 0 amide bonds. The van der Waals surface area contributed by atoms with Crippen molar-refractivity contribution in [3.8, 4) is 0 Å². The lowest BCUT2D eigenvalue weighted by Crippen LogP contribution is -2.30. The third kappa shape index (κ3) is 66.5.